The zero-order chi connectivity index (χ0) is 18.4. The fraction of sp³-hybridized carbons (Fsp3) is 0.238. The lowest BCUT2D eigenvalue weighted by Crippen LogP contribution is -2.33. The minimum absolute atomic E-state index is 0.158. The van der Waals surface area contributed by atoms with Gasteiger partial charge >= 0.3 is 0 Å². The van der Waals surface area contributed by atoms with Gasteiger partial charge in [0.15, 0.2) is 5.78 Å². The first-order chi connectivity index (χ1) is 13.2. The number of anilines is 1. The van der Waals surface area contributed by atoms with Gasteiger partial charge in [-0.15, -0.1) is 0 Å². The number of nitrogens with zero attached hydrogens (tertiary/aromatic N) is 4. The highest BCUT2D eigenvalue weighted by molar-refractivity contribution is 6.00. The number of pyridine rings is 1. The SMILES string of the molecule is Cc1nc2n(n1)[C@@H](c1cccnc1)C1=C(C[C@H](c3ccccc3)CC1=O)N2. The molecule has 0 bridgehead atoms. The van der Waals surface area contributed by atoms with Crippen molar-refractivity contribution in [2.75, 3.05) is 5.32 Å². The van der Waals surface area contributed by atoms with Gasteiger partial charge in [0, 0.05) is 30.1 Å². The summed E-state index contributed by atoms with van der Waals surface area (Å²) in [6.45, 7) is 1.86. The van der Waals surface area contributed by atoms with Crippen molar-refractivity contribution in [3.8, 4) is 0 Å². The Morgan fingerprint density at radius 1 is 1.07 bits per heavy atom. The van der Waals surface area contributed by atoms with E-state index in [0.29, 0.717) is 18.2 Å². The molecule has 2 atom stereocenters. The number of hydrogen-bond acceptors (Lipinski definition) is 5. The van der Waals surface area contributed by atoms with E-state index in [9.17, 15) is 4.79 Å². The number of rotatable bonds is 2. The number of carbonyl (C=O) groups excluding carboxylic acids is 1. The van der Waals surface area contributed by atoms with E-state index in [1.165, 1.54) is 5.56 Å². The van der Waals surface area contributed by atoms with Crippen molar-refractivity contribution in [2.24, 2.45) is 0 Å². The third-order valence-corrected chi connectivity index (χ3v) is 5.30. The summed E-state index contributed by atoms with van der Waals surface area (Å²) in [7, 11) is 0. The number of allylic oxidation sites excluding steroid dienone is 2. The molecule has 0 unspecified atom stereocenters. The van der Waals surface area contributed by atoms with Crippen LogP contribution in [-0.4, -0.2) is 25.5 Å². The van der Waals surface area contributed by atoms with E-state index in [1.807, 2.05) is 41.9 Å². The van der Waals surface area contributed by atoms with Crippen molar-refractivity contribution < 1.29 is 4.79 Å². The van der Waals surface area contributed by atoms with Gasteiger partial charge in [0.25, 0.3) is 0 Å². The molecule has 5 rings (SSSR count). The van der Waals surface area contributed by atoms with Gasteiger partial charge in [0.1, 0.15) is 11.9 Å². The third-order valence-electron chi connectivity index (χ3n) is 5.30. The fourth-order valence-corrected chi connectivity index (χ4v) is 4.13. The summed E-state index contributed by atoms with van der Waals surface area (Å²) in [5, 5.41) is 7.92. The molecule has 0 saturated carbocycles. The van der Waals surface area contributed by atoms with Gasteiger partial charge in [-0.3, -0.25) is 9.78 Å². The third kappa shape index (κ3) is 2.65. The van der Waals surface area contributed by atoms with Crippen molar-refractivity contribution >= 4 is 11.7 Å². The molecule has 1 N–H and O–H groups in total. The standard InChI is InChI=1S/C21H19N5O/c1-13-23-21-24-17-10-16(14-6-3-2-4-7-14)11-18(27)19(17)20(26(21)25-13)15-8-5-9-22-12-15/h2-9,12,16,20H,10-11H2,1H3,(H,23,24,25)/t16-,20-/m0/s1. The summed E-state index contributed by atoms with van der Waals surface area (Å²) < 4.78 is 1.81. The topological polar surface area (TPSA) is 72.7 Å². The van der Waals surface area contributed by atoms with Gasteiger partial charge in [0.05, 0.1) is 0 Å². The van der Waals surface area contributed by atoms with Crippen molar-refractivity contribution in [1.29, 1.82) is 0 Å². The maximum absolute atomic E-state index is 13.2. The molecule has 2 aliphatic rings. The predicted molar refractivity (Wildman–Crippen MR) is 101 cm³/mol. The average Bonchev–Trinajstić information content (AvgIpc) is 3.07. The van der Waals surface area contributed by atoms with E-state index in [4.69, 9.17) is 0 Å². The monoisotopic (exact) mass is 357 g/mol. The number of benzene rings is 1. The Labute approximate surface area is 157 Å². The molecule has 134 valence electrons. The van der Waals surface area contributed by atoms with Crippen LogP contribution in [-0.2, 0) is 4.79 Å². The van der Waals surface area contributed by atoms with Crippen LogP contribution < -0.4 is 5.32 Å². The van der Waals surface area contributed by atoms with Gasteiger partial charge in [-0.05, 0) is 36.5 Å². The van der Waals surface area contributed by atoms with Crippen molar-refractivity contribution in [3.63, 3.8) is 0 Å². The Hall–Kier alpha value is -3.28. The first kappa shape index (κ1) is 15.9. The molecule has 1 aromatic carbocycles. The highest BCUT2D eigenvalue weighted by Crippen LogP contribution is 2.43. The van der Waals surface area contributed by atoms with Gasteiger partial charge < -0.3 is 5.32 Å². The number of Topliss-reactive ketones (excluding diaryl/α,β-unsaturated/α-hetero) is 1. The molecular weight excluding hydrogens is 338 g/mol. The van der Waals surface area contributed by atoms with E-state index in [1.54, 1.807) is 12.4 Å². The lowest BCUT2D eigenvalue weighted by Gasteiger charge is -2.35. The van der Waals surface area contributed by atoms with Crippen LogP contribution in [0.2, 0.25) is 0 Å². The van der Waals surface area contributed by atoms with Crippen LogP contribution in [0.5, 0.6) is 0 Å². The minimum Gasteiger partial charge on any atom is -0.328 e. The Morgan fingerprint density at radius 2 is 1.89 bits per heavy atom. The largest absolute Gasteiger partial charge is 0.328 e. The molecule has 3 heterocycles. The molecule has 3 aromatic rings. The number of aryl methyl sites for hydroxylation is 1. The summed E-state index contributed by atoms with van der Waals surface area (Å²) in [6.07, 6.45) is 4.83. The van der Waals surface area contributed by atoms with E-state index in [2.05, 4.69) is 32.5 Å². The van der Waals surface area contributed by atoms with E-state index in [-0.39, 0.29) is 17.7 Å². The second-order valence-electron chi connectivity index (χ2n) is 7.07. The van der Waals surface area contributed by atoms with Crippen LogP contribution >= 0.6 is 0 Å². The second-order valence-corrected chi connectivity index (χ2v) is 7.07. The van der Waals surface area contributed by atoms with E-state index >= 15 is 0 Å². The Bertz CT molecular complexity index is 1040. The maximum Gasteiger partial charge on any atom is 0.226 e. The van der Waals surface area contributed by atoms with Crippen LogP contribution in [0.15, 0.2) is 66.1 Å². The molecule has 6 nitrogen and oxygen atoms in total. The van der Waals surface area contributed by atoms with Crippen LogP contribution in [0.25, 0.3) is 0 Å². The minimum atomic E-state index is -0.282. The average molecular weight is 357 g/mol. The summed E-state index contributed by atoms with van der Waals surface area (Å²) in [4.78, 5) is 22.0. The molecular formula is C21H19N5O. The number of carbonyl (C=O) groups is 1. The zero-order valence-electron chi connectivity index (χ0n) is 15.0. The molecule has 6 heteroatoms. The van der Waals surface area contributed by atoms with Gasteiger partial charge in [-0.2, -0.15) is 10.1 Å². The molecule has 0 radical (unpaired) electrons. The van der Waals surface area contributed by atoms with E-state index in [0.717, 1.165) is 23.3 Å². The number of nitrogens with one attached hydrogen (secondary N) is 1. The summed E-state index contributed by atoms with van der Waals surface area (Å²) in [5.74, 6) is 1.69. The molecule has 0 spiro atoms. The normalized spacial score (nSPS) is 21.4. The van der Waals surface area contributed by atoms with Crippen molar-refractivity contribution in [1.82, 2.24) is 19.7 Å². The molecule has 27 heavy (non-hydrogen) atoms. The van der Waals surface area contributed by atoms with Crippen LogP contribution in [0.4, 0.5) is 5.95 Å². The van der Waals surface area contributed by atoms with Crippen LogP contribution in [0.3, 0.4) is 0 Å². The predicted octanol–water partition coefficient (Wildman–Crippen LogP) is 3.40. The Kier molecular flexibility index (Phi) is 3.63. The van der Waals surface area contributed by atoms with Gasteiger partial charge in [0.2, 0.25) is 5.95 Å². The summed E-state index contributed by atoms with van der Waals surface area (Å²) in [5.41, 5.74) is 3.88. The van der Waals surface area contributed by atoms with Crippen LogP contribution in [0, 0.1) is 6.92 Å². The quantitative estimate of drug-likeness (QED) is 0.761. The number of ketones is 1. The second kappa shape index (κ2) is 6.16. The highest BCUT2D eigenvalue weighted by atomic mass is 16.1. The van der Waals surface area contributed by atoms with Crippen molar-refractivity contribution in [3.05, 3.63) is 83.1 Å². The Balaban J connectivity index is 1.62. The van der Waals surface area contributed by atoms with Gasteiger partial charge in [-0.25, -0.2) is 4.68 Å². The molecule has 2 aromatic heterocycles. The van der Waals surface area contributed by atoms with Crippen LogP contribution in [0.1, 0.15) is 41.8 Å². The molecule has 0 saturated heterocycles. The van der Waals surface area contributed by atoms with E-state index < -0.39 is 0 Å². The van der Waals surface area contributed by atoms with Gasteiger partial charge in [-0.1, -0.05) is 36.4 Å². The lowest BCUT2D eigenvalue weighted by molar-refractivity contribution is -0.116. The molecule has 0 fully saturated rings. The zero-order valence-corrected chi connectivity index (χ0v) is 15.0. The fourth-order valence-electron chi connectivity index (χ4n) is 4.13. The summed E-state index contributed by atoms with van der Waals surface area (Å²) in [6, 6.07) is 13.8. The maximum atomic E-state index is 13.2. The molecule has 1 aliphatic carbocycles. The number of fused-ring (bicyclic) bond motifs is 1. The first-order valence-electron chi connectivity index (χ1n) is 9.12. The molecule has 0 amide bonds. The molecule has 1 aliphatic heterocycles. The number of aromatic nitrogens is 4. The van der Waals surface area contributed by atoms with Crippen molar-refractivity contribution in [2.45, 2.75) is 31.7 Å². The summed E-state index contributed by atoms with van der Waals surface area (Å²) >= 11 is 0. The number of hydrogen-bond donors (Lipinski definition) is 1. The lowest BCUT2D eigenvalue weighted by atomic mass is 9.78. The smallest absolute Gasteiger partial charge is 0.226 e. The Morgan fingerprint density at radius 3 is 2.67 bits per heavy atom. The first-order valence-corrected chi connectivity index (χ1v) is 9.12. The highest BCUT2D eigenvalue weighted by Gasteiger charge is 2.39.